The summed E-state index contributed by atoms with van der Waals surface area (Å²) in [7, 11) is 5.19. The lowest BCUT2D eigenvalue weighted by molar-refractivity contribution is -0.127. The number of carbonyl (C=O) groups excluding carboxylic acids is 1. The van der Waals surface area contributed by atoms with Gasteiger partial charge in [0.1, 0.15) is 12.3 Å². The zero-order valence-electron chi connectivity index (χ0n) is 16.3. The first-order valence-corrected chi connectivity index (χ1v) is 9.18. The summed E-state index contributed by atoms with van der Waals surface area (Å²) in [6.45, 7) is 4.90. The fourth-order valence-corrected chi connectivity index (χ4v) is 2.87. The molecule has 7 heteroatoms. The number of aliphatic imine (C=N–C) groups is 1. The number of nitrogens with one attached hydrogen (secondary N) is 2. The second-order valence-electron chi connectivity index (χ2n) is 6.63. The highest BCUT2D eigenvalue weighted by molar-refractivity contribution is 5.85. The Balaban J connectivity index is 1.98. The van der Waals surface area contributed by atoms with Crippen molar-refractivity contribution in [1.29, 1.82) is 0 Å². The minimum absolute atomic E-state index is 0.00957. The number of amides is 1. The average molecular weight is 361 g/mol. The maximum Gasteiger partial charge on any atom is 0.243 e. The lowest BCUT2D eigenvalue weighted by atomic mass is 10.2. The van der Waals surface area contributed by atoms with E-state index in [2.05, 4.69) is 33.5 Å². The van der Waals surface area contributed by atoms with E-state index in [1.165, 1.54) is 0 Å². The van der Waals surface area contributed by atoms with Crippen LogP contribution in [0.3, 0.4) is 0 Å². The SMILES string of the molecule is CCCNC(=NCC(=O)N(C)C)NC1CCN(c2ccccc2OC)C1. The van der Waals surface area contributed by atoms with Crippen molar-refractivity contribution in [1.82, 2.24) is 15.5 Å². The predicted octanol–water partition coefficient (Wildman–Crippen LogP) is 1.31. The van der Waals surface area contributed by atoms with Crippen molar-refractivity contribution in [3.8, 4) is 5.75 Å². The molecule has 1 aromatic carbocycles. The molecule has 0 aliphatic carbocycles. The van der Waals surface area contributed by atoms with Gasteiger partial charge in [0, 0.05) is 39.8 Å². The molecule has 0 aromatic heterocycles. The Labute approximate surface area is 156 Å². The van der Waals surface area contributed by atoms with Gasteiger partial charge < -0.3 is 25.2 Å². The zero-order valence-corrected chi connectivity index (χ0v) is 16.3. The van der Waals surface area contributed by atoms with E-state index in [9.17, 15) is 4.79 Å². The van der Waals surface area contributed by atoms with Crippen LogP contribution in [-0.4, -0.2) is 70.2 Å². The third-order valence-electron chi connectivity index (χ3n) is 4.37. The second-order valence-corrected chi connectivity index (χ2v) is 6.63. The minimum atomic E-state index is -0.00957. The van der Waals surface area contributed by atoms with Crippen LogP contribution in [0.25, 0.3) is 0 Å². The van der Waals surface area contributed by atoms with Gasteiger partial charge in [-0.3, -0.25) is 4.79 Å². The summed E-state index contributed by atoms with van der Waals surface area (Å²) >= 11 is 0. The lowest BCUT2D eigenvalue weighted by Crippen LogP contribution is -2.45. The maximum atomic E-state index is 11.8. The van der Waals surface area contributed by atoms with Crippen LogP contribution in [0.1, 0.15) is 19.8 Å². The average Bonchev–Trinajstić information content (AvgIpc) is 3.11. The van der Waals surface area contributed by atoms with Crippen molar-refractivity contribution < 1.29 is 9.53 Å². The van der Waals surface area contributed by atoms with E-state index in [0.29, 0.717) is 5.96 Å². The molecular weight excluding hydrogens is 330 g/mol. The van der Waals surface area contributed by atoms with Crippen molar-refractivity contribution in [2.24, 2.45) is 4.99 Å². The first-order valence-electron chi connectivity index (χ1n) is 9.18. The minimum Gasteiger partial charge on any atom is -0.495 e. The highest BCUT2D eigenvalue weighted by Crippen LogP contribution is 2.30. The molecule has 144 valence electrons. The topological polar surface area (TPSA) is 69.2 Å². The summed E-state index contributed by atoms with van der Waals surface area (Å²) in [6, 6.07) is 8.36. The van der Waals surface area contributed by atoms with Gasteiger partial charge in [-0.2, -0.15) is 0 Å². The van der Waals surface area contributed by atoms with Crippen molar-refractivity contribution >= 4 is 17.6 Å². The van der Waals surface area contributed by atoms with E-state index in [-0.39, 0.29) is 18.5 Å². The van der Waals surface area contributed by atoms with E-state index in [4.69, 9.17) is 4.74 Å². The van der Waals surface area contributed by atoms with Crippen LogP contribution in [0.2, 0.25) is 0 Å². The fourth-order valence-electron chi connectivity index (χ4n) is 2.87. The van der Waals surface area contributed by atoms with Crippen molar-refractivity contribution in [2.75, 3.05) is 52.3 Å². The summed E-state index contributed by atoms with van der Waals surface area (Å²) in [5.74, 6) is 1.58. The second kappa shape index (κ2) is 9.89. The molecule has 1 atom stereocenters. The molecule has 1 aliphatic rings. The lowest BCUT2D eigenvalue weighted by Gasteiger charge is -2.22. The number of likely N-dealkylation sites (N-methyl/N-ethyl adjacent to an activating group) is 1. The van der Waals surface area contributed by atoms with E-state index in [1.807, 2.05) is 18.2 Å². The van der Waals surface area contributed by atoms with Gasteiger partial charge in [0.15, 0.2) is 5.96 Å². The normalized spacial score (nSPS) is 17.2. The molecule has 1 fully saturated rings. The highest BCUT2D eigenvalue weighted by atomic mass is 16.5. The van der Waals surface area contributed by atoms with Crippen molar-refractivity contribution in [2.45, 2.75) is 25.8 Å². The molecule has 0 saturated carbocycles. The standard InChI is InChI=1S/C19H31N5O2/c1-5-11-20-19(21-13-18(25)23(2)3)22-15-10-12-24(14-15)16-8-6-7-9-17(16)26-4/h6-9,15H,5,10-14H2,1-4H3,(H2,20,21,22). The van der Waals surface area contributed by atoms with Gasteiger partial charge in [0.2, 0.25) is 5.91 Å². The third-order valence-corrected chi connectivity index (χ3v) is 4.37. The number of hydrogen-bond acceptors (Lipinski definition) is 4. The molecular formula is C19H31N5O2. The van der Waals surface area contributed by atoms with Crippen LogP contribution in [0.4, 0.5) is 5.69 Å². The molecule has 0 spiro atoms. The summed E-state index contributed by atoms with van der Waals surface area (Å²) in [5.41, 5.74) is 1.11. The molecule has 1 amide bonds. The molecule has 1 saturated heterocycles. The Morgan fingerprint density at radius 2 is 2.15 bits per heavy atom. The molecule has 1 heterocycles. The smallest absolute Gasteiger partial charge is 0.243 e. The van der Waals surface area contributed by atoms with E-state index >= 15 is 0 Å². The molecule has 1 aromatic rings. The van der Waals surface area contributed by atoms with Gasteiger partial charge >= 0.3 is 0 Å². The number of rotatable bonds is 7. The number of nitrogens with zero attached hydrogens (tertiary/aromatic N) is 3. The Morgan fingerprint density at radius 3 is 2.85 bits per heavy atom. The maximum absolute atomic E-state index is 11.8. The van der Waals surface area contributed by atoms with E-state index in [1.54, 1.807) is 26.1 Å². The molecule has 1 unspecified atom stereocenters. The molecule has 1 aliphatic heterocycles. The highest BCUT2D eigenvalue weighted by Gasteiger charge is 2.25. The molecule has 7 nitrogen and oxygen atoms in total. The first-order chi connectivity index (χ1) is 12.5. The van der Waals surface area contributed by atoms with Gasteiger partial charge in [0.05, 0.1) is 12.8 Å². The number of carbonyl (C=O) groups is 1. The Bertz CT molecular complexity index is 618. The number of ether oxygens (including phenoxy) is 1. The molecule has 2 rings (SSSR count). The quantitative estimate of drug-likeness (QED) is 0.566. The monoisotopic (exact) mass is 361 g/mol. The Hall–Kier alpha value is -2.44. The van der Waals surface area contributed by atoms with Gasteiger partial charge in [-0.25, -0.2) is 4.99 Å². The van der Waals surface area contributed by atoms with Crippen LogP contribution in [0.15, 0.2) is 29.3 Å². The summed E-state index contributed by atoms with van der Waals surface area (Å²) in [4.78, 5) is 20.1. The van der Waals surface area contributed by atoms with Gasteiger partial charge in [-0.1, -0.05) is 19.1 Å². The molecule has 2 N–H and O–H groups in total. The van der Waals surface area contributed by atoms with E-state index < -0.39 is 0 Å². The summed E-state index contributed by atoms with van der Waals surface area (Å²) < 4.78 is 5.47. The molecule has 0 bridgehead atoms. The number of hydrogen-bond donors (Lipinski definition) is 2. The number of methoxy groups -OCH3 is 1. The van der Waals surface area contributed by atoms with Gasteiger partial charge in [-0.05, 0) is 25.0 Å². The van der Waals surface area contributed by atoms with Crippen LogP contribution in [0.5, 0.6) is 5.75 Å². The fraction of sp³-hybridized carbons (Fsp3) is 0.579. The Morgan fingerprint density at radius 1 is 1.38 bits per heavy atom. The van der Waals surface area contributed by atoms with Gasteiger partial charge in [0.25, 0.3) is 0 Å². The van der Waals surface area contributed by atoms with Gasteiger partial charge in [-0.15, -0.1) is 0 Å². The first kappa shape index (κ1) is 19.9. The zero-order chi connectivity index (χ0) is 18.9. The van der Waals surface area contributed by atoms with Crippen LogP contribution >= 0.6 is 0 Å². The van der Waals surface area contributed by atoms with Crippen LogP contribution in [-0.2, 0) is 4.79 Å². The number of para-hydroxylation sites is 2. The predicted molar refractivity (Wildman–Crippen MR) is 106 cm³/mol. The summed E-state index contributed by atoms with van der Waals surface area (Å²) in [5, 5.41) is 6.76. The Kier molecular flexibility index (Phi) is 7.56. The third kappa shape index (κ3) is 5.54. The number of guanidine groups is 1. The number of anilines is 1. The molecule has 0 radical (unpaired) electrons. The van der Waals surface area contributed by atoms with Crippen molar-refractivity contribution in [3.05, 3.63) is 24.3 Å². The van der Waals surface area contributed by atoms with Crippen molar-refractivity contribution in [3.63, 3.8) is 0 Å². The van der Waals surface area contributed by atoms with Crippen LogP contribution in [0, 0.1) is 0 Å². The largest absolute Gasteiger partial charge is 0.495 e. The summed E-state index contributed by atoms with van der Waals surface area (Å²) in [6.07, 6.45) is 2.01. The molecule has 26 heavy (non-hydrogen) atoms. The van der Waals surface area contributed by atoms with E-state index in [0.717, 1.165) is 43.9 Å². The number of benzene rings is 1. The van der Waals surface area contributed by atoms with Crippen LogP contribution < -0.4 is 20.3 Å².